The lowest BCUT2D eigenvalue weighted by atomic mass is 10.2. The van der Waals surface area contributed by atoms with Crippen LogP contribution in [0, 0.1) is 0 Å². The number of hydrogen-bond acceptors (Lipinski definition) is 3. The second kappa shape index (κ2) is 3.84. The molecule has 1 radical (unpaired) electrons. The predicted molar refractivity (Wildman–Crippen MR) is 54.4 cm³/mol. The number of carbonyl (C=O) groups excluding carboxylic acids is 1. The van der Waals surface area contributed by atoms with Crippen LogP contribution in [0.1, 0.15) is 5.76 Å². The summed E-state index contributed by atoms with van der Waals surface area (Å²) in [6, 6.07) is 7.51. The largest absolute Gasteiger partial charge is 0.457 e. The van der Waals surface area contributed by atoms with Crippen molar-refractivity contribution in [2.75, 3.05) is 0 Å². The molecule has 0 aliphatic carbocycles. The Balaban J connectivity index is 2.36. The minimum atomic E-state index is 0.121. The lowest BCUT2D eigenvalue weighted by Gasteiger charge is -1.90. The molecule has 14 heavy (non-hydrogen) atoms. The highest BCUT2D eigenvalue weighted by molar-refractivity contribution is 9.10. The molecule has 0 unspecified atom stereocenters. The summed E-state index contributed by atoms with van der Waals surface area (Å²) in [6.45, 7) is 1.47. The third kappa shape index (κ3) is 1.80. The molecule has 1 heterocycles. The predicted octanol–water partition coefficient (Wildman–Crippen LogP) is 2.78. The molecule has 2 aromatic rings. The van der Waals surface area contributed by atoms with Crippen LogP contribution < -0.4 is 0 Å². The van der Waals surface area contributed by atoms with Crippen molar-refractivity contribution in [2.45, 2.75) is 6.61 Å². The average Bonchev–Trinajstić information content (AvgIpc) is 2.56. The molecule has 4 heteroatoms. The molecule has 0 aliphatic heterocycles. The van der Waals surface area contributed by atoms with Gasteiger partial charge >= 0.3 is 6.47 Å². The number of fused-ring (bicyclic) bond motifs is 1. The Morgan fingerprint density at radius 2 is 2.29 bits per heavy atom. The van der Waals surface area contributed by atoms with Crippen LogP contribution in [-0.2, 0) is 16.1 Å². The molecular weight excluding hydrogens is 248 g/mol. The Labute approximate surface area is 88.8 Å². The molecule has 71 valence electrons. The van der Waals surface area contributed by atoms with Gasteiger partial charge in [0.05, 0.1) is 0 Å². The Hall–Kier alpha value is -1.29. The van der Waals surface area contributed by atoms with E-state index in [4.69, 9.17) is 4.42 Å². The summed E-state index contributed by atoms with van der Waals surface area (Å²) in [5.74, 6) is 0.612. The molecule has 0 N–H and O–H groups in total. The normalized spacial score (nSPS) is 10.4. The molecule has 0 spiro atoms. The molecule has 0 atom stereocenters. The van der Waals surface area contributed by atoms with E-state index in [1.807, 2.05) is 24.3 Å². The molecule has 0 amide bonds. The van der Waals surface area contributed by atoms with E-state index in [2.05, 4.69) is 20.7 Å². The van der Waals surface area contributed by atoms with Crippen molar-refractivity contribution in [2.24, 2.45) is 0 Å². The Morgan fingerprint density at radius 3 is 3.07 bits per heavy atom. The van der Waals surface area contributed by atoms with Crippen LogP contribution in [0.3, 0.4) is 0 Å². The van der Waals surface area contributed by atoms with Gasteiger partial charge in [-0.25, -0.2) is 4.79 Å². The number of halogens is 1. The van der Waals surface area contributed by atoms with E-state index in [-0.39, 0.29) is 6.61 Å². The second-order valence-electron chi connectivity index (χ2n) is 2.77. The Bertz CT molecular complexity index is 461. The molecule has 1 aromatic heterocycles. The minimum absolute atomic E-state index is 0.121. The molecule has 0 saturated carbocycles. The molecule has 0 aliphatic rings. The third-order valence-electron chi connectivity index (χ3n) is 1.80. The summed E-state index contributed by atoms with van der Waals surface area (Å²) in [5, 5.41) is 0.976. The maximum Gasteiger partial charge on any atom is 0.417 e. The van der Waals surface area contributed by atoms with Gasteiger partial charge < -0.3 is 9.15 Å². The number of ether oxygens (including phenoxy) is 1. The minimum Gasteiger partial charge on any atom is -0.457 e. The van der Waals surface area contributed by atoms with E-state index in [9.17, 15) is 4.79 Å². The third-order valence-corrected chi connectivity index (χ3v) is 2.30. The number of hydrogen-bond donors (Lipinski definition) is 0. The average molecular weight is 254 g/mol. The van der Waals surface area contributed by atoms with Crippen molar-refractivity contribution in [1.29, 1.82) is 0 Å². The zero-order chi connectivity index (χ0) is 9.97. The maximum absolute atomic E-state index is 9.85. The summed E-state index contributed by atoms with van der Waals surface area (Å²) in [6.07, 6.45) is 0. The number of furan rings is 1. The van der Waals surface area contributed by atoms with Crippen LogP contribution in [-0.4, -0.2) is 6.47 Å². The summed E-state index contributed by atoms with van der Waals surface area (Å²) in [7, 11) is 0. The van der Waals surface area contributed by atoms with Crippen LogP contribution in [0.2, 0.25) is 0 Å². The maximum atomic E-state index is 9.85. The zero-order valence-electron chi connectivity index (χ0n) is 7.12. The van der Waals surface area contributed by atoms with Gasteiger partial charge in [-0.3, -0.25) is 0 Å². The topological polar surface area (TPSA) is 39.4 Å². The number of rotatable bonds is 3. The molecule has 0 fully saturated rings. The van der Waals surface area contributed by atoms with E-state index in [1.54, 1.807) is 0 Å². The van der Waals surface area contributed by atoms with Gasteiger partial charge in [-0.2, -0.15) is 0 Å². The fourth-order valence-electron chi connectivity index (χ4n) is 1.24. The van der Waals surface area contributed by atoms with Crippen LogP contribution in [0.5, 0.6) is 0 Å². The molecule has 1 aromatic carbocycles. The highest BCUT2D eigenvalue weighted by Crippen LogP contribution is 2.23. The fraction of sp³-hybridized carbons (Fsp3) is 0.100. The molecule has 0 bridgehead atoms. The van der Waals surface area contributed by atoms with Crippen molar-refractivity contribution in [3.05, 3.63) is 34.5 Å². The SMILES string of the molecule is O=[C]OCc1cc2cc(Br)ccc2o1. The van der Waals surface area contributed by atoms with Crippen LogP contribution >= 0.6 is 15.9 Å². The van der Waals surface area contributed by atoms with Gasteiger partial charge in [-0.05, 0) is 24.3 Å². The van der Waals surface area contributed by atoms with Crippen molar-refractivity contribution >= 4 is 33.4 Å². The van der Waals surface area contributed by atoms with Gasteiger partial charge in [0.2, 0.25) is 0 Å². The molecule has 0 saturated heterocycles. The molecule has 2 rings (SSSR count). The molecule has 3 nitrogen and oxygen atoms in total. The van der Waals surface area contributed by atoms with E-state index in [0.29, 0.717) is 5.76 Å². The summed E-state index contributed by atoms with van der Waals surface area (Å²) in [5.41, 5.74) is 0.776. The smallest absolute Gasteiger partial charge is 0.417 e. The van der Waals surface area contributed by atoms with E-state index >= 15 is 0 Å². The van der Waals surface area contributed by atoms with Crippen molar-refractivity contribution in [3.63, 3.8) is 0 Å². The van der Waals surface area contributed by atoms with Crippen molar-refractivity contribution < 1.29 is 13.9 Å². The molecular formula is C10H6BrO3. The van der Waals surface area contributed by atoms with Crippen molar-refractivity contribution in [3.8, 4) is 0 Å². The van der Waals surface area contributed by atoms with Crippen LogP contribution in [0.4, 0.5) is 0 Å². The summed E-state index contributed by atoms with van der Waals surface area (Å²) < 4.78 is 10.9. The highest BCUT2D eigenvalue weighted by atomic mass is 79.9. The lowest BCUT2D eigenvalue weighted by Crippen LogP contribution is -1.85. The highest BCUT2D eigenvalue weighted by Gasteiger charge is 2.03. The van der Waals surface area contributed by atoms with Gasteiger partial charge in [0.15, 0.2) is 0 Å². The first kappa shape index (κ1) is 9.27. The van der Waals surface area contributed by atoms with Gasteiger partial charge in [0, 0.05) is 9.86 Å². The first-order chi connectivity index (χ1) is 6.79. The quantitative estimate of drug-likeness (QED) is 0.845. The van der Waals surface area contributed by atoms with Crippen molar-refractivity contribution in [1.82, 2.24) is 0 Å². The van der Waals surface area contributed by atoms with E-state index < -0.39 is 0 Å². The van der Waals surface area contributed by atoms with E-state index in [0.717, 1.165) is 15.4 Å². The zero-order valence-corrected chi connectivity index (χ0v) is 8.71. The van der Waals surface area contributed by atoms with Gasteiger partial charge in [-0.1, -0.05) is 15.9 Å². The lowest BCUT2D eigenvalue weighted by molar-refractivity contribution is 0.242. The first-order valence-electron chi connectivity index (χ1n) is 3.96. The van der Waals surface area contributed by atoms with Gasteiger partial charge in [0.25, 0.3) is 0 Å². The first-order valence-corrected chi connectivity index (χ1v) is 4.76. The Morgan fingerprint density at radius 1 is 1.43 bits per heavy atom. The second-order valence-corrected chi connectivity index (χ2v) is 3.68. The van der Waals surface area contributed by atoms with Crippen LogP contribution in [0.15, 0.2) is 33.2 Å². The summed E-state index contributed by atoms with van der Waals surface area (Å²) in [4.78, 5) is 9.85. The van der Waals surface area contributed by atoms with E-state index in [1.165, 1.54) is 6.47 Å². The monoisotopic (exact) mass is 253 g/mol. The van der Waals surface area contributed by atoms with Gasteiger partial charge in [-0.15, -0.1) is 0 Å². The van der Waals surface area contributed by atoms with Gasteiger partial charge in [0.1, 0.15) is 18.0 Å². The standard InChI is InChI=1S/C10H6BrO3/c11-8-1-2-10-7(3-8)4-9(14-10)5-13-6-12/h1-4H,5H2. The Kier molecular flexibility index (Phi) is 2.54. The number of benzene rings is 1. The summed E-state index contributed by atoms with van der Waals surface area (Å²) >= 11 is 3.36. The van der Waals surface area contributed by atoms with Crippen LogP contribution in [0.25, 0.3) is 11.0 Å². The fourth-order valence-corrected chi connectivity index (χ4v) is 1.62.